The number of aryl methyl sites for hydroxylation is 2. The molecule has 2 aromatic rings. The molecule has 2 atom stereocenters. The summed E-state index contributed by atoms with van der Waals surface area (Å²) in [7, 11) is 0. The molecule has 5 rings (SSSR count). The minimum Gasteiger partial charge on any atom is -0.379 e. The van der Waals surface area contributed by atoms with Crippen LogP contribution in [0.2, 0.25) is 0 Å². The number of hydrogen-bond donors (Lipinski definition) is 3. The van der Waals surface area contributed by atoms with Crippen LogP contribution in [0.1, 0.15) is 43.0 Å². The monoisotopic (exact) mass is 416 g/mol. The molecule has 4 heterocycles. The Morgan fingerprint density at radius 3 is 2.66 bits per heavy atom. The van der Waals surface area contributed by atoms with E-state index in [-0.39, 0.29) is 0 Å². The number of ether oxygens (including phenoxy) is 1. The molecule has 0 amide bonds. The number of hydrazine groups is 1. The molecule has 2 unspecified atom stereocenters. The summed E-state index contributed by atoms with van der Waals surface area (Å²) in [5, 5.41) is 5.02. The van der Waals surface area contributed by atoms with E-state index in [2.05, 4.69) is 34.9 Å². The smallest absolute Gasteiger partial charge is 0.146 e. The molecule has 29 heavy (non-hydrogen) atoms. The van der Waals surface area contributed by atoms with E-state index in [1.807, 2.05) is 11.3 Å². The quantitative estimate of drug-likeness (QED) is 0.691. The molecule has 0 radical (unpaired) electrons. The predicted molar refractivity (Wildman–Crippen MR) is 117 cm³/mol. The number of morpholine rings is 1. The highest BCUT2D eigenvalue weighted by Crippen LogP contribution is 2.39. The van der Waals surface area contributed by atoms with E-state index in [0.717, 1.165) is 57.5 Å². The molecule has 1 aliphatic carbocycles. The molecule has 2 saturated heterocycles. The van der Waals surface area contributed by atoms with E-state index in [1.165, 1.54) is 39.9 Å². The average Bonchev–Trinajstić information content (AvgIpc) is 3.26. The van der Waals surface area contributed by atoms with E-state index in [9.17, 15) is 0 Å². The van der Waals surface area contributed by atoms with Crippen LogP contribution in [0.4, 0.5) is 5.82 Å². The SMILES string of the molecule is CC1NNC(C)C1CNc1nc(CN2CCOCC2)nc2sc3c(c12)CCCC3. The molecule has 2 fully saturated rings. The van der Waals surface area contributed by atoms with Gasteiger partial charge < -0.3 is 10.1 Å². The number of anilines is 1. The zero-order valence-electron chi connectivity index (χ0n) is 17.5. The lowest BCUT2D eigenvalue weighted by molar-refractivity contribution is 0.0331. The fourth-order valence-corrected chi connectivity index (χ4v) is 6.12. The summed E-state index contributed by atoms with van der Waals surface area (Å²) in [6.07, 6.45) is 4.93. The first kappa shape index (κ1) is 19.6. The van der Waals surface area contributed by atoms with Crippen molar-refractivity contribution in [2.75, 3.05) is 38.2 Å². The van der Waals surface area contributed by atoms with Gasteiger partial charge in [-0.3, -0.25) is 15.8 Å². The molecule has 3 N–H and O–H groups in total. The van der Waals surface area contributed by atoms with Gasteiger partial charge in [0.2, 0.25) is 0 Å². The van der Waals surface area contributed by atoms with Crippen LogP contribution in [0.3, 0.4) is 0 Å². The first-order valence-corrected chi connectivity index (χ1v) is 11.9. The summed E-state index contributed by atoms with van der Waals surface area (Å²) in [4.78, 5) is 15.1. The second-order valence-corrected chi connectivity index (χ2v) is 9.76. The van der Waals surface area contributed by atoms with Crippen molar-refractivity contribution in [2.24, 2.45) is 5.92 Å². The van der Waals surface area contributed by atoms with E-state index in [1.54, 1.807) is 0 Å². The van der Waals surface area contributed by atoms with Crippen LogP contribution in [-0.4, -0.2) is 59.8 Å². The number of nitrogens with one attached hydrogen (secondary N) is 3. The first-order chi connectivity index (χ1) is 14.2. The molecule has 8 heteroatoms. The molecule has 158 valence electrons. The Labute approximate surface area is 176 Å². The van der Waals surface area contributed by atoms with E-state index in [4.69, 9.17) is 14.7 Å². The molecule has 0 aromatic carbocycles. The third-order valence-electron chi connectivity index (χ3n) is 6.66. The fourth-order valence-electron chi connectivity index (χ4n) is 4.84. The van der Waals surface area contributed by atoms with Crippen molar-refractivity contribution in [3.8, 4) is 0 Å². The normalized spacial score (nSPS) is 28.0. The third-order valence-corrected chi connectivity index (χ3v) is 7.84. The molecule has 2 aromatic heterocycles. The molecular weight excluding hydrogens is 384 g/mol. The minimum atomic E-state index is 0.444. The van der Waals surface area contributed by atoms with Crippen molar-refractivity contribution >= 4 is 27.4 Å². The molecule has 2 aliphatic heterocycles. The predicted octanol–water partition coefficient (Wildman–Crippen LogP) is 2.32. The molecule has 0 bridgehead atoms. The molecular formula is C21H32N6OS. The minimum absolute atomic E-state index is 0.444. The van der Waals surface area contributed by atoms with Gasteiger partial charge in [-0.2, -0.15) is 0 Å². The standard InChI is InChI=1S/C21H32N6OS/c1-13-16(14(2)26-25-13)11-22-20-19-15-5-3-4-6-17(15)29-21(19)24-18(23-20)12-27-7-9-28-10-8-27/h13-14,16,25-26H,3-12H2,1-2H3,(H,22,23,24). The zero-order valence-corrected chi connectivity index (χ0v) is 18.3. The van der Waals surface area contributed by atoms with Gasteiger partial charge in [-0.1, -0.05) is 0 Å². The second-order valence-electron chi connectivity index (χ2n) is 8.68. The van der Waals surface area contributed by atoms with Gasteiger partial charge in [0.05, 0.1) is 25.1 Å². The summed E-state index contributed by atoms with van der Waals surface area (Å²) in [5.74, 6) is 2.50. The lowest BCUT2D eigenvalue weighted by atomic mass is 9.95. The number of hydrogen-bond acceptors (Lipinski definition) is 8. The number of thiophene rings is 1. The summed E-state index contributed by atoms with van der Waals surface area (Å²) in [6.45, 7) is 9.73. The van der Waals surface area contributed by atoms with Crippen LogP contribution in [0.25, 0.3) is 10.2 Å². The Bertz CT molecular complexity index is 854. The van der Waals surface area contributed by atoms with Crippen molar-refractivity contribution in [1.29, 1.82) is 0 Å². The van der Waals surface area contributed by atoms with Crippen molar-refractivity contribution < 1.29 is 4.74 Å². The van der Waals surface area contributed by atoms with Crippen molar-refractivity contribution in [1.82, 2.24) is 25.7 Å². The third kappa shape index (κ3) is 4.01. The summed E-state index contributed by atoms with van der Waals surface area (Å²) < 4.78 is 5.50. The lowest BCUT2D eigenvalue weighted by Crippen LogP contribution is -2.36. The summed E-state index contributed by atoms with van der Waals surface area (Å²) in [6, 6.07) is 0.887. The maximum atomic E-state index is 5.50. The van der Waals surface area contributed by atoms with Crippen LogP contribution in [0.5, 0.6) is 0 Å². The van der Waals surface area contributed by atoms with Crippen LogP contribution in [0, 0.1) is 5.92 Å². The largest absolute Gasteiger partial charge is 0.379 e. The molecule has 7 nitrogen and oxygen atoms in total. The Morgan fingerprint density at radius 2 is 1.86 bits per heavy atom. The highest BCUT2D eigenvalue weighted by molar-refractivity contribution is 7.19. The van der Waals surface area contributed by atoms with Gasteiger partial charge in [-0.15, -0.1) is 11.3 Å². The van der Waals surface area contributed by atoms with Gasteiger partial charge in [0, 0.05) is 42.5 Å². The number of fused-ring (bicyclic) bond motifs is 3. The fraction of sp³-hybridized carbons (Fsp3) is 0.714. The van der Waals surface area contributed by atoms with Gasteiger partial charge in [0.15, 0.2) is 0 Å². The van der Waals surface area contributed by atoms with Crippen molar-refractivity contribution in [2.45, 2.75) is 58.2 Å². The van der Waals surface area contributed by atoms with Gasteiger partial charge in [0.1, 0.15) is 16.5 Å². The second kappa shape index (κ2) is 8.43. The van der Waals surface area contributed by atoms with E-state index < -0.39 is 0 Å². The van der Waals surface area contributed by atoms with E-state index in [0.29, 0.717) is 18.0 Å². The summed E-state index contributed by atoms with van der Waals surface area (Å²) in [5.41, 5.74) is 8.23. The van der Waals surface area contributed by atoms with Gasteiger partial charge in [-0.05, 0) is 45.1 Å². The van der Waals surface area contributed by atoms with Crippen LogP contribution in [-0.2, 0) is 24.1 Å². The van der Waals surface area contributed by atoms with E-state index >= 15 is 0 Å². The number of nitrogens with zero attached hydrogens (tertiary/aromatic N) is 3. The maximum Gasteiger partial charge on any atom is 0.146 e. The average molecular weight is 417 g/mol. The Kier molecular flexibility index (Phi) is 5.71. The molecule has 3 aliphatic rings. The van der Waals surface area contributed by atoms with Crippen LogP contribution >= 0.6 is 11.3 Å². The Morgan fingerprint density at radius 1 is 1.10 bits per heavy atom. The van der Waals surface area contributed by atoms with Gasteiger partial charge >= 0.3 is 0 Å². The van der Waals surface area contributed by atoms with Gasteiger partial charge in [-0.25, -0.2) is 9.97 Å². The van der Waals surface area contributed by atoms with Gasteiger partial charge in [0.25, 0.3) is 0 Å². The van der Waals surface area contributed by atoms with Crippen molar-refractivity contribution in [3.05, 3.63) is 16.3 Å². The molecule has 0 spiro atoms. The first-order valence-electron chi connectivity index (χ1n) is 11.0. The zero-order chi connectivity index (χ0) is 19.8. The van der Waals surface area contributed by atoms with Crippen molar-refractivity contribution in [3.63, 3.8) is 0 Å². The number of rotatable bonds is 5. The Hall–Kier alpha value is -1.32. The summed E-state index contributed by atoms with van der Waals surface area (Å²) >= 11 is 1.89. The van der Waals surface area contributed by atoms with Crippen LogP contribution < -0.4 is 16.2 Å². The highest BCUT2D eigenvalue weighted by atomic mass is 32.1. The Balaban J connectivity index is 1.45. The molecule has 0 saturated carbocycles. The lowest BCUT2D eigenvalue weighted by Gasteiger charge is -2.26. The van der Waals surface area contributed by atoms with Crippen LogP contribution in [0.15, 0.2) is 0 Å². The highest BCUT2D eigenvalue weighted by Gasteiger charge is 2.30. The maximum absolute atomic E-state index is 5.50. The topological polar surface area (TPSA) is 74.3 Å². The number of aromatic nitrogens is 2.